The van der Waals surface area contributed by atoms with Gasteiger partial charge in [0.25, 0.3) is 0 Å². The third kappa shape index (κ3) is 33.2. The van der Waals surface area contributed by atoms with Crippen LogP contribution in [0, 0.1) is 29.6 Å². The molecule has 16 amide bonds. The number of unbranched alkanes of at least 4 members (excludes halogenated alkanes) is 1. The number of aliphatic hydroxyl groups excluding tert-OH is 2. The number of aliphatic carboxylic acids is 1. The first-order chi connectivity index (χ1) is 53.5. The lowest BCUT2D eigenvalue weighted by Crippen LogP contribution is -2.62. The third-order valence-electron chi connectivity index (χ3n) is 19.6. The molecular formula is C76H126N18O20. The van der Waals surface area contributed by atoms with Gasteiger partial charge < -0.3 is 112 Å². The Bertz CT molecular complexity index is 3450. The van der Waals surface area contributed by atoms with Gasteiger partial charge in [-0.15, -0.1) is 0 Å². The molecule has 16 atom stereocenters. The molecule has 2 heterocycles. The van der Waals surface area contributed by atoms with Gasteiger partial charge in [0.15, 0.2) is 0 Å². The van der Waals surface area contributed by atoms with Gasteiger partial charge in [0.1, 0.15) is 72.5 Å². The van der Waals surface area contributed by atoms with Crippen LogP contribution in [0.25, 0.3) is 0 Å². The highest BCUT2D eigenvalue weighted by Gasteiger charge is 2.44. The number of hydrogen-bond donors (Lipinski definition) is 19. The second-order valence-electron chi connectivity index (χ2n) is 31.2. The van der Waals surface area contributed by atoms with Gasteiger partial charge in [0, 0.05) is 32.4 Å². The summed E-state index contributed by atoms with van der Waals surface area (Å²) in [5.74, 6) is -16.7. The smallest absolute Gasteiger partial charge is 0.326 e. The van der Waals surface area contributed by atoms with Crippen LogP contribution in [0.1, 0.15) is 185 Å². The van der Waals surface area contributed by atoms with Crippen molar-refractivity contribution in [3.8, 4) is 0 Å². The van der Waals surface area contributed by atoms with Crippen molar-refractivity contribution in [2.45, 2.75) is 277 Å². The Morgan fingerprint density at radius 2 is 0.851 bits per heavy atom. The number of aliphatic hydroxyl groups is 2. The predicted molar refractivity (Wildman–Crippen MR) is 416 cm³/mol. The minimum atomic E-state index is -1.89. The minimum absolute atomic E-state index is 0.0105. The molecule has 0 spiro atoms. The highest BCUT2D eigenvalue weighted by molar-refractivity contribution is 6.00. The monoisotopic (exact) mass is 1610 g/mol. The number of hydrogen-bond acceptors (Lipinski definition) is 21. The molecule has 2 fully saturated rings. The van der Waals surface area contributed by atoms with Gasteiger partial charge in [-0.2, -0.15) is 0 Å². The fraction of sp³-hybridized carbons (Fsp3) is 0.697. The van der Waals surface area contributed by atoms with E-state index in [2.05, 4.69) is 63.8 Å². The largest absolute Gasteiger partial charge is 0.480 e. The second-order valence-corrected chi connectivity index (χ2v) is 31.2. The summed E-state index contributed by atoms with van der Waals surface area (Å²) in [7, 11) is 0. The maximum absolute atomic E-state index is 14.7. The Kier molecular flexibility index (Phi) is 42.2. The van der Waals surface area contributed by atoms with E-state index < -0.39 is 230 Å². The van der Waals surface area contributed by atoms with Crippen LogP contribution in [0.5, 0.6) is 0 Å². The van der Waals surface area contributed by atoms with Crippen LogP contribution in [0.3, 0.4) is 0 Å². The second kappa shape index (κ2) is 49.0. The van der Waals surface area contributed by atoms with Gasteiger partial charge >= 0.3 is 5.97 Å². The van der Waals surface area contributed by atoms with Crippen molar-refractivity contribution < 1.29 is 96.8 Å². The van der Waals surface area contributed by atoms with Gasteiger partial charge in [-0.1, -0.05) is 106 Å². The van der Waals surface area contributed by atoms with Crippen LogP contribution in [-0.4, -0.2) is 249 Å². The Balaban J connectivity index is 1.77. The molecule has 640 valence electrons. The number of carbonyl (C=O) groups is 17. The normalized spacial score (nSPS) is 17.8. The third-order valence-corrected chi connectivity index (χ3v) is 19.6. The average molecular weight is 1610 g/mol. The van der Waals surface area contributed by atoms with Crippen LogP contribution in [0.4, 0.5) is 0 Å². The zero-order chi connectivity index (χ0) is 86.0. The maximum Gasteiger partial charge on any atom is 0.326 e. The lowest BCUT2D eigenvalue weighted by Gasteiger charge is -2.32. The summed E-state index contributed by atoms with van der Waals surface area (Å²) in [4.78, 5) is 234. The minimum Gasteiger partial charge on any atom is -0.480 e. The van der Waals surface area contributed by atoms with Gasteiger partial charge in [-0.3, -0.25) is 76.7 Å². The van der Waals surface area contributed by atoms with Gasteiger partial charge in [-0.05, 0) is 133 Å². The summed E-state index contributed by atoms with van der Waals surface area (Å²) in [6.07, 6.45) is -2.86. The summed E-state index contributed by atoms with van der Waals surface area (Å²) < 4.78 is 0. The summed E-state index contributed by atoms with van der Waals surface area (Å²) >= 11 is 0. The molecule has 0 saturated carbocycles. The van der Waals surface area contributed by atoms with Gasteiger partial charge in [-0.25, -0.2) is 4.79 Å². The van der Waals surface area contributed by atoms with Gasteiger partial charge in [0.2, 0.25) is 94.5 Å². The summed E-state index contributed by atoms with van der Waals surface area (Å²) in [5.41, 5.74) is 23.5. The van der Waals surface area contributed by atoms with Crippen molar-refractivity contribution in [2.75, 3.05) is 32.7 Å². The van der Waals surface area contributed by atoms with E-state index in [1.165, 1.54) is 9.80 Å². The summed E-state index contributed by atoms with van der Waals surface area (Å²) in [5, 5.41) is 61.7. The molecule has 0 aliphatic carbocycles. The van der Waals surface area contributed by atoms with E-state index >= 15 is 0 Å². The Labute approximate surface area is 666 Å². The lowest BCUT2D eigenvalue weighted by molar-refractivity contribution is -0.143. The molecule has 0 radical (unpaired) electrons. The van der Waals surface area contributed by atoms with E-state index in [1.54, 1.807) is 92.6 Å². The topological polar surface area (TPSA) is 606 Å². The lowest BCUT2D eigenvalue weighted by atomic mass is 9.96. The van der Waals surface area contributed by atoms with Crippen LogP contribution < -0.4 is 86.7 Å². The molecule has 2 saturated heterocycles. The molecule has 1 aromatic carbocycles. The number of amides is 16. The number of nitrogens with zero attached hydrogens (tertiary/aromatic N) is 2. The van der Waals surface area contributed by atoms with Gasteiger partial charge in [0.05, 0.1) is 31.3 Å². The van der Waals surface area contributed by atoms with Crippen molar-refractivity contribution in [3.05, 3.63) is 35.9 Å². The van der Waals surface area contributed by atoms with Crippen LogP contribution in [-0.2, 0) is 87.9 Å². The number of likely N-dealkylation sites (tertiary alicyclic amines) is 2. The number of rotatable bonds is 50. The van der Waals surface area contributed by atoms with Crippen LogP contribution in [0.2, 0.25) is 0 Å². The predicted octanol–water partition coefficient (Wildman–Crippen LogP) is -4.03. The number of nitrogens with one attached hydrogen (secondary N) is 12. The first-order valence-corrected chi connectivity index (χ1v) is 39.3. The standard InChI is InChI=1S/C76H126N18O20/c1-13-43(10)60(80)70(107)91-61(42(8)9)71(108)87-50(33-39(2)3)67(104)84-49(27-29-57(79)98)66(103)88-51(34-40(4)5)74(111)93-31-20-25-55(93)69(106)86-48(26-28-56(78)97)65(102)82-38-59(100)90-62(44(11)95)73(110)92-63(45(12)96)72(109)89-52(35-41(6)7)75(112)94-32-19-24-54(94)68(105)85-47(23-17-18-30-77)64(101)81-37-58(99)83-53(76(113)114)36-46-21-15-14-16-22-46/h14-16,21-22,39-45,47-55,60-63,95-96H,13,17-20,23-38,77,80H2,1-12H3,(H2,78,97)(H2,79,98)(H,81,101)(H,82,102)(H,83,99)(H,84,104)(H,85,105)(H,86,106)(H,87,108)(H,88,103)(H,89,109)(H,90,100)(H,91,107)(H,92,110)(H,113,114)/t43-,44+,45+,47-,48-,49-,50-,51-,52-,53-,54-,55-,60-,61-,62-,63-/m0/s1. The zero-order valence-corrected chi connectivity index (χ0v) is 67.8. The van der Waals surface area contributed by atoms with Crippen molar-refractivity contribution in [2.24, 2.45) is 52.5 Å². The molecule has 114 heavy (non-hydrogen) atoms. The number of primary amides is 2. The SMILES string of the molecule is CC[C@H](C)[C@H](N)C(=O)N[C@H](C(=O)N[C@@H](CC(C)C)C(=O)N[C@@H](CCC(N)=O)C(=O)N[C@@H](CC(C)C)C(=O)N1CCC[C@H]1C(=O)N[C@@H](CCC(N)=O)C(=O)NCC(=O)N[C@H](C(=O)N[C@H](C(=O)N[C@@H](CC(C)C)C(=O)N1CCC[C@H]1C(=O)N[C@@H](CCCCN)C(=O)NCC(=O)N[C@@H](Cc1ccccc1)C(=O)O)[C@@H](C)O)[C@@H](C)O)C(C)C. The molecule has 0 bridgehead atoms. The summed E-state index contributed by atoms with van der Waals surface area (Å²) in [6.45, 7) is 18.5. The van der Waals surface area contributed by atoms with E-state index in [9.17, 15) is 96.8 Å². The number of nitrogens with two attached hydrogens (primary N) is 4. The fourth-order valence-corrected chi connectivity index (χ4v) is 13.0. The fourth-order valence-electron chi connectivity index (χ4n) is 13.0. The number of benzene rings is 1. The molecule has 0 aromatic heterocycles. The van der Waals surface area contributed by atoms with Crippen molar-refractivity contribution >= 4 is 100 Å². The van der Waals surface area contributed by atoms with E-state index in [0.29, 0.717) is 31.2 Å². The molecule has 0 unspecified atom stereocenters. The molecule has 2 aliphatic rings. The van der Waals surface area contributed by atoms with Crippen LogP contribution >= 0.6 is 0 Å². The number of carboxylic acid groups (broad SMARTS) is 1. The first-order valence-electron chi connectivity index (χ1n) is 39.3. The van der Waals surface area contributed by atoms with Crippen LogP contribution in [0.15, 0.2) is 30.3 Å². The first kappa shape index (κ1) is 98.2. The molecule has 38 heteroatoms. The molecule has 38 nitrogen and oxygen atoms in total. The van der Waals surface area contributed by atoms with E-state index in [0.717, 1.165) is 13.8 Å². The van der Waals surface area contributed by atoms with E-state index in [-0.39, 0.29) is 101 Å². The maximum atomic E-state index is 14.7. The highest BCUT2D eigenvalue weighted by atomic mass is 16.4. The van der Waals surface area contributed by atoms with Crippen molar-refractivity contribution in [1.29, 1.82) is 0 Å². The zero-order valence-electron chi connectivity index (χ0n) is 67.8. The van der Waals surface area contributed by atoms with Crippen molar-refractivity contribution in [3.63, 3.8) is 0 Å². The Hall–Kier alpha value is -9.95. The summed E-state index contributed by atoms with van der Waals surface area (Å²) in [6, 6.07) is -9.35. The van der Waals surface area contributed by atoms with Crippen molar-refractivity contribution in [1.82, 2.24) is 73.6 Å². The molecular weight excluding hydrogens is 1480 g/mol. The molecule has 3 rings (SSSR count). The molecule has 2 aliphatic heterocycles. The van der Waals surface area contributed by atoms with E-state index in [4.69, 9.17) is 22.9 Å². The average Bonchev–Trinajstić information content (AvgIpc) is 1.63. The Morgan fingerprint density at radius 1 is 0.456 bits per heavy atom. The number of carboxylic acids is 1. The Morgan fingerprint density at radius 3 is 1.29 bits per heavy atom. The highest BCUT2D eigenvalue weighted by Crippen LogP contribution is 2.24. The quantitative estimate of drug-likeness (QED) is 0.0276. The molecule has 1 aromatic rings. The number of carbonyl (C=O) groups excluding carboxylic acids is 16. The molecule has 23 N–H and O–H groups in total. The van der Waals surface area contributed by atoms with E-state index in [1.807, 2.05) is 6.92 Å².